The van der Waals surface area contributed by atoms with Crippen LogP contribution in [-0.2, 0) is 0 Å². The quantitative estimate of drug-likeness (QED) is 0.757. The monoisotopic (exact) mass is 215 g/mol. The Balaban J connectivity index is 2.92. The standard InChI is InChI=1S/C9H8F3N3/c1-15(6-9(10,11)12)8-5-14-3-2-7(8)4-13/h2-3,5H,6H2,1H3. The Labute approximate surface area is 84.8 Å². The summed E-state index contributed by atoms with van der Waals surface area (Å²) in [5.74, 6) is 0. The van der Waals surface area contributed by atoms with E-state index >= 15 is 0 Å². The van der Waals surface area contributed by atoms with Crippen molar-refractivity contribution in [3.05, 3.63) is 24.0 Å². The fourth-order valence-corrected chi connectivity index (χ4v) is 1.14. The maximum Gasteiger partial charge on any atom is 0.405 e. The van der Waals surface area contributed by atoms with Crippen molar-refractivity contribution >= 4 is 5.69 Å². The van der Waals surface area contributed by atoms with Crippen LogP contribution in [0.4, 0.5) is 18.9 Å². The van der Waals surface area contributed by atoms with Crippen molar-refractivity contribution in [3.63, 3.8) is 0 Å². The zero-order chi connectivity index (χ0) is 11.5. The van der Waals surface area contributed by atoms with E-state index in [1.165, 1.54) is 25.5 Å². The lowest BCUT2D eigenvalue weighted by molar-refractivity contribution is -0.119. The molecule has 1 aromatic heterocycles. The molecule has 0 aliphatic heterocycles. The Morgan fingerprint density at radius 2 is 2.20 bits per heavy atom. The Morgan fingerprint density at radius 3 is 2.73 bits per heavy atom. The molecule has 0 aliphatic carbocycles. The van der Waals surface area contributed by atoms with E-state index in [0.717, 1.165) is 4.90 Å². The fraction of sp³-hybridized carbons (Fsp3) is 0.333. The number of anilines is 1. The molecule has 80 valence electrons. The SMILES string of the molecule is CN(CC(F)(F)F)c1cnccc1C#N. The van der Waals surface area contributed by atoms with Gasteiger partial charge in [-0.15, -0.1) is 0 Å². The highest BCUT2D eigenvalue weighted by Gasteiger charge is 2.30. The third-order valence-electron chi connectivity index (χ3n) is 1.75. The fourth-order valence-electron chi connectivity index (χ4n) is 1.14. The summed E-state index contributed by atoms with van der Waals surface area (Å²) in [6.45, 7) is -1.10. The van der Waals surface area contributed by atoms with Crippen LogP contribution < -0.4 is 4.90 Å². The van der Waals surface area contributed by atoms with E-state index in [9.17, 15) is 13.2 Å². The molecule has 0 radical (unpaired) electrons. The van der Waals surface area contributed by atoms with E-state index in [4.69, 9.17) is 5.26 Å². The summed E-state index contributed by atoms with van der Waals surface area (Å²) >= 11 is 0. The van der Waals surface area contributed by atoms with Crippen LogP contribution >= 0.6 is 0 Å². The van der Waals surface area contributed by atoms with Gasteiger partial charge in [0.25, 0.3) is 0 Å². The maximum absolute atomic E-state index is 12.1. The molecule has 0 amide bonds. The summed E-state index contributed by atoms with van der Waals surface area (Å²) in [6, 6.07) is 3.19. The predicted molar refractivity (Wildman–Crippen MR) is 48.3 cm³/mol. The molecule has 6 heteroatoms. The molecule has 3 nitrogen and oxygen atoms in total. The second kappa shape index (κ2) is 4.17. The Morgan fingerprint density at radius 1 is 1.53 bits per heavy atom. The van der Waals surface area contributed by atoms with Gasteiger partial charge in [0.15, 0.2) is 0 Å². The average Bonchev–Trinajstić information content (AvgIpc) is 2.15. The minimum atomic E-state index is -4.29. The number of pyridine rings is 1. The second-order valence-electron chi connectivity index (χ2n) is 2.98. The number of rotatable bonds is 2. The van der Waals surface area contributed by atoms with Crippen molar-refractivity contribution in [2.24, 2.45) is 0 Å². The Kier molecular flexibility index (Phi) is 3.14. The highest BCUT2D eigenvalue weighted by Crippen LogP contribution is 2.22. The van der Waals surface area contributed by atoms with Crippen LogP contribution in [0.5, 0.6) is 0 Å². The lowest BCUT2D eigenvalue weighted by Gasteiger charge is -2.21. The lowest BCUT2D eigenvalue weighted by Crippen LogP contribution is -2.31. The van der Waals surface area contributed by atoms with Crippen LogP contribution in [0, 0.1) is 11.3 Å². The first-order chi connectivity index (χ1) is 6.94. The van der Waals surface area contributed by atoms with E-state index in [0.29, 0.717) is 0 Å². The minimum absolute atomic E-state index is 0.178. The second-order valence-corrected chi connectivity index (χ2v) is 2.98. The van der Waals surface area contributed by atoms with Crippen LogP contribution in [0.2, 0.25) is 0 Å². The highest BCUT2D eigenvalue weighted by atomic mass is 19.4. The van der Waals surface area contributed by atoms with Crippen LogP contribution in [0.1, 0.15) is 5.56 Å². The third kappa shape index (κ3) is 3.13. The molecule has 0 spiro atoms. The van der Waals surface area contributed by atoms with Gasteiger partial charge in [0, 0.05) is 13.2 Å². The van der Waals surface area contributed by atoms with E-state index in [1.807, 2.05) is 6.07 Å². The molecule has 15 heavy (non-hydrogen) atoms. The van der Waals surface area contributed by atoms with Crippen LogP contribution in [0.3, 0.4) is 0 Å². The van der Waals surface area contributed by atoms with Crippen molar-refractivity contribution in [3.8, 4) is 6.07 Å². The van der Waals surface area contributed by atoms with Gasteiger partial charge in [0.05, 0.1) is 17.4 Å². The van der Waals surface area contributed by atoms with Gasteiger partial charge in [-0.1, -0.05) is 0 Å². The van der Waals surface area contributed by atoms with Crippen molar-refractivity contribution in [2.75, 3.05) is 18.5 Å². The van der Waals surface area contributed by atoms with Gasteiger partial charge in [0.2, 0.25) is 0 Å². The topological polar surface area (TPSA) is 39.9 Å². The van der Waals surface area contributed by atoms with E-state index in [2.05, 4.69) is 4.98 Å². The smallest absolute Gasteiger partial charge is 0.363 e. The van der Waals surface area contributed by atoms with Crippen LogP contribution in [0.25, 0.3) is 0 Å². The first-order valence-corrected chi connectivity index (χ1v) is 4.06. The van der Waals surface area contributed by atoms with E-state index in [1.54, 1.807) is 0 Å². The number of hydrogen-bond acceptors (Lipinski definition) is 3. The number of nitrogens with zero attached hydrogens (tertiary/aromatic N) is 3. The lowest BCUT2D eigenvalue weighted by atomic mass is 10.2. The first-order valence-electron chi connectivity index (χ1n) is 4.06. The summed E-state index contributed by atoms with van der Waals surface area (Å²) in [5, 5.41) is 8.68. The molecule has 0 bridgehead atoms. The Bertz CT molecular complexity index is 381. The molecule has 1 aromatic rings. The summed E-state index contributed by atoms with van der Waals surface area (Å²) in [7, 11) is 1.27. The summed E-state index contributed by atoms with van der Waals surface area (Å²) < 4.78 is 36.2. The molecule has 0 unspecified atom stereocenters. The molecule has 1 rings (SSSR count). The van der Waals surface area contributed by atoms with Crippen molar-refractivity contribution in [2.45, 2.75) is 6.18 Å². The van der Waals surface area contributed by atoms with E-state index < -0.39 is 12.7 Å². The predicted octanol–water partition coefficient (Wildman–Crippen LogP) is 1.95. The molecule has 0 aromatic carbocycles. The number of nitriles is 1. The minimum Gasteiger partial charge on any atom is -0.363 e. The van der Waals surface area contributed by atoms with Crippen molar-refractivity contribution in [1.82, 2.24) is 4.98 Å². The molecule has 0 fully saturated rings. The number of aromatic nitrogens is 1. The van der Waals surface area contributed by atoms with Gasteiger partial charge >= 0.3 is 6.18 Å². The number of halogens is 3. The molecule has 0 N–H and O–H groups in total. The maximum atomic E-state index is 12.1. The molecular weight excluding hydrogens is 207 g/mol. The molecule has 0 saturated carbocycles. The van der Waals surface area contributed by atoms with Gasteiger partial charge in [0.1, 0.15) is 12.6 Å². The summed E-state index contributed by atoms with van der Waals surface area (Å²) in [5.41, 5.74) is 0.356. The number of hydrogen-bond donors (Lipinski definition) is 0. The third-order valence-corrected chi connectivity index (χ3v) is 1.75. The molecule has 0 atom stereocenters. The molecule has 0 saturated heterocycles. The van der Waals surface area contributed by atoms with E-state index in [-0.39, 0.29) is 11.3 Å². The molecular formula is C9H8F3N3. The average molecular weight is 215 g/mol. The van der Waals surface area contributed by atoms with Crippen LogP contribution in [0.15, 0.2) is 18.5 Å². The number of alkyl halides is 3. The van der Waals surface area contributed by atoms with Gasteiger partial charge in [-0.2, -0.15) is 18.4 Å². The summed E-state index contributed by atoms with van der Waals surface area (Å²) in [4.78, 5) is 4.63. The zero-order valence-corrected chi connectivity index (χ0v) is 7.91. The van der Waals surface area contributed by atoms with Gasteiger partial charge in [-0.3, -0.25) is 4.98 Å². The summed E-state index contributed by atoms with van der Waals surface area (Å²) in [6.07, 6.45) is -1.69. The van der Waals surface area contributed by atoms with Gasteiger partial charge < -0.3 is 4.90 Å². The van der Waals surface area contributed by atoms with Crippen molar-refractivity contribution in [1.29, 1.82) is 5.26 Å². The molecule has 0 aliphatic rings. The van der Waals surface area contributed by atoms with Crippen molar-refractivity contribution < 1.29 is 13.2 Å². The van der Waals surface area contributed by atoms with Crippen LogP contribution in [-0.4, -0.2) is 24.8 Å². The molecule has 1 heterocycles. The van der Waals surface area contributed by atoms with Gasteiger partial charge in [-0.05, 0) is 6.07 Å². The highest BCUT2D eigenvalue weighted by molar-refractivity contribution is 5.57. The largest absolute Gasteiger partial charge is 0.405 e. The Hall–Kier alpha value is -1.77. The normalized spacial score (nSPS) is 10.9. The first kappa shape index (κ1) is 11.3. The van der Waals surface area contributed by atoms with Gasteiger partial charge in [-0.25, -0.2) is 0 Å². The zero-order valence-electron chi connectivity index (χ0n) is 7.91.